The van der Waals surface area contributed by atoms with Gasteiger partial charge in [-0.2, -0.15) is 0 Å². The summed E-state index contributed by atoms with van der Waals surface area (Å²) in [6.07, 6.45) is 4.68. The molecule has 1 aliphatic rings. The first kappa shape index (κ1) is 12.7. The van der Waals surface area contributed by atoms with Crippen LogP contribution in [-0.2, 0) is 0 Å². The van der Waals surface area contributed by atoms with E-state index in [9.17, 15) is 0 Å². The highest BCUT2D eigenvalue weighted by Gasteiger charge is 2.22. The van der Waals surface area contributed by atoms with Crippen molar-refractivity contribution in [1.29, 1.82) is 0 Å². The lowest BCUT2D eigenvalue weighted by molar-refractivity contribution is 0.383. The van der Waals surface area contributed by atoms with E-state index in [2.05, 4.69) is 79.5 Å². The molecule has 1 unspecified atom stereocenters. The van der Waals surface area contributed by atoms with E-state index in [1.165, 1.54) is 31.4 Å². The zero-order chi connectivity index (χ0) is 14.6. The number of hydrogen-bond donors (Lipinski definition) is 0. The minimum Gasteiger partial charge on any atom is -0.359 e. The minimum atomic E-state index is 0.367. The van der Waals surface area contributed by atoms with Gasteiger partial charge in [0, 0.05) is 45.3 Å². The van der Waals surface area contributed by atoms with Gasteiger partial charge in [-0.1, -0.05) is 18.2 Å². The van der Waals surface area contributed by atoms with Gasteiger partial charge in [-0.05, 0) is 37.6 Å². The number of aryl methyl sites for hydroxylation is 1. The van der Waals surface area contributed by atoms with E-state index < -0.39 is 0 Å². The molecule has 0 bridgehead atoms. The van der Waals surface area contributed by atoms with E-state index in [0.29, 0.717) is 6.17 Å². The van der Waals surface area contributed by atoms with Crippen molar-refractivity contribution >= 4 is 37.2 Å². The molecule has 3 heteroatoms. The number of hydrogen-bond acceptors (Lipinski definition) is 3. The van der Waals surface area contributed by atoms with Gasteiger partial charge in [0.25, 0.3) is 0 Å². The fourth-order valence-electron chi connectivity index (χ4n) is 3.04. The van der Waals surface area contributed by atoms with Gasteiger partial charge in [0.2, 0.25) is 0 Å². The third-order valence-corrected chi connectivity index (χ3v) is 5.56. The van der Waals surface area contributed by atoms with Crippen LogP contribution in [0.3, 0.4) is 0 Å². The highest BCUT2D eigenvalue weighted by atomic mass is 32.1. The summed E-state index contributed by atoms with van der Waals surface area (Å²) >= 11 is 1.88. The van der Waals surface area contributed by atoms with Crippen molar-refractivity contribution in [2.45, 2.75) is 20.0 Å². The maximum Gasteiger partial charge on any atom is 0.102 e. The molecule has 0 amide bonds. The predicted molar refractivity (Wildman–Crippen MR) is 92.9 cm³/mol. The third-order valence-electron chi connectivity index (χ3n) is 4.43. The quantitative estimate of drug-likeness (QED) is 0.628. The second kappa shape index (κ2) is 4.50. The van der Waals surface area contributed by atoms with Gasteiger partial charge in [-0.3, -0.25) is 0 Å². The molecule has 21 heavy (non-hydrogen) atoms. The summed E-state index contributed by atoms with van der Waals surface area (Å²) in [4.78, 5) is 4.58. The molecule has 0 aliphatic carbocycles. The minimum absolute atomic E-state index is 0.367. The summed E-state index contributed by atoms with van der Waals surface area (Å²) in [5.41, 5.74) is 2.64. The molecule has 106 valence electrons. The summed E-state index contributed by atoms with van der Waals surface area (Å²) in [5.74, 6) is 0. The zero-order valence-electron chi connectivity index (χ0n) is 12.5. The lowest BCUT2D eigenvalue weighted by Crippen LogP contribution is -2.33. The summed E-state index contributed by atoms with van der Waals surface area (Å²) < 4.78 is 2.74. The van der Waals surface area contributed by atoms with Crippen LogP contribution < -0.4 is 4.90 Å². The normalized spacial score (nSPS) is 18.3. The first-order valence-corrected chi connectivity index (χ1v) is 8.07. The monoisotopic (exact) mass is 294 g/mol. The van der Waals surface area contributed by atoms with Gasteiger partial charge in [0.1, 0.15) is 6.17 Å². The molecule has 2 heterocycles. The molecule has 3 aromatic rings. The summed E-state index contributed by atoms with van der Waals surface area (Å²) in [5, 5.41) is 2.73. The van der Waals surface area contributed by atoms with Crippen LogP contribution in [0.1, 0.15) is 12.5 Å². The van der Waals surface area contributed by atoms with Gasteiger partial charge >= 0.3 is 0 Å². The van der Waals surface area contributed by atoms with Gasteiger partial charge in [0.15, 0.2) is 0 Å². The molecule has 0 radical (unpaired) electrons. The van der Waals surface area contributed by atoms with E-state index in [1.807, 2.05) is 11.3 Å². The molecule has 1 aromatic heterocycles. The number of nitrogens with zero attached hydrogens (tertiary/aromatic N) is 2. The number of anilines is 1. The first-order chi connectivity index (χ1) is 10.1. The number of rotatable bonds is 1. The smallest absolute Gasteiger partial charge is 0.102 e. The SMILES string of the molecule is Cc1cc2sc3ccccc3c2cc1N1C=CN(C)C1C. The Kier molecular flexibility index (Phi) is 2.73. The molecule has 1 aliphatic heterocycles. The molecule has 1 atom stereocenters. The highest BCUT2D eigenvalue weighted by Crippen LogP contribution is 2.38. The van der Waals surface area contributed by atoms with Crippen LogP contribution in [0.4, 0.5) is 5.69 Å². The number of benzene rings is 2. The second-order valence-corrected chi connectivity index (χ2v) is 6.82. The van der Waals surface area contributed by atoms with E-state index >= 15 is 0 Å². The Bertz CT molecular complexity index is 862. The lowest BCUT2D eigenvalue weighted by atomic mass is 10.1. The van der Waals surface area contributed by atoms with Gasteiger partial charge in [0.05, 0.1) is 0 Å². The molecule has 2 aromatic carbocycles. The first-order valence-electron chi connectivity index (χ1n) is 7.25. The third kappa shape index (κ3) is 1.84. The maximum atomic E-state index is 2.35. The topological polar surface area (TPSA) is 6.48 Å². The highest BCUT2D eigenvalue weighted by molar-refractivity contribution is 7.25. The number of thiophene rings is 1. The van der Waals surface area contributed by atoms with E-state index in [0.717, 1.165) is 0 Å². The fourth-order valence-corrected chi connectivity index (χ4v) is 4.23. The molecule has 0 spiro atoms. The molecule has 0 saturated carbocycles. The molecular weight excluding hydrogens is 276 g/mol. The standard InChI is InChI=1S/C18H18N2S/c1-12-10-18-15(14-6-4-5-7-17(14)21-18)11-16(12)20-9-8-19(3)13(20)2/h4-11,13H,1-3H3. The van der Waals surface area contributed by atoms with Crippen molar-refractivity contribution in [3.63, 3.8) is 0 Å². The van der Waals surface area contributed by atoms with Crippen molar-refractivity contribution < 1.29 is 0 Å². The second-order valence-electron chi connectivity index (χ2n) is 5.74. The molecule has 2 nitrogen and oxygen atoms in total. The number of fused-ring (bicyclic) bond motifs is 3. The Morgan fingerprint density at radius 3 is 2.57 bits per heavy atom. The summed E-state index contributed by atoms with van der Waals surface area (Å²) in [6.45, 7) is 4.44. The Morgan fingerprint density at radius 1 is 1.00 bits per heavy atom. The van der Waals surface area contributed by atoms with Crippen LogP contribution in [0.2, 0.25) is 0 Å². The van der Waals surface area contributed by atoms with Crippen LogP contribution in [0.15, 0.2) is 48.8 Å². The Labute approximate surface area is 128 Å². The average molecular weight is 294 g/mol. The van der Waals surface area contributed by atoms with Crippen LogP contribution in [0.5, 0.6) is 0 Å². The van der Waals surface area contributed by atoms with Crippen LogP contribution in [0.25, 0.3) is 20.2 Å². The summed E-state index contributed by atoms with van der Waals surface area (Å²) in [6, 6.07) is 13.4. The van der Waals surface area contributed by atoms with Crippen LogP contribution in [-0.4, -0.2) is 18.1 Å². The Balaban J connectivity index is 1.96. The molecule has 4 rings (SSSR count). The zero-order valence-corrected chi connectivity index (χ0v) is 13.3. The van der Waals surface area contributed by atoms with Crippen molar-refractivity contribution in [3.8, 4) is 0 Å². The van der Waals surface area contributed by atoms with Gasteiger partial charge in [-0.15, -0.1) is 11.3 Å². The van der Waals surface area contributed by atoms with E-state index in [-0.39, 0.29) is 0 Å². The van der Waals surface area contributed by atoms with E-state index in [4.69, 9.17) is 0 Å². The maximum absolute atomic E-state index is 2.35. The molecule has 0 saturated heterocycles. The predicted octanol–water partition coefficient (Wildman–Crippen LogP) is 4.93. The Hall–Kier alpha value is -2.00. The average Bonchev–Trinajstić information content (AvgIpc) is 2.99. The molecular formula is C18H18N2S. The molecule has 0 fully saturated rings. The van der Waals surface area contributed by atoms with Crippen LogP contribution in [0, 0.1) is 6.92 Å². The van der Waals surface area contributed by atoms with Crippen molar-refractivity contribution in [2.24, 2.45) is 0 Å². The lowest BCUT2D eigenvalue weighted by Gasteiger charge is -2.28. The Morgan fingerprint density at radius 2 is 1.81 bits per heavy atom. The largest absolute Gasteiger partial charge is 0.359 e. The van der Waals surface area contributed by atoms with Crippen molar-refractivity contribution in [3.05, 3.63) is 54.4 Å². The van der Waals surface area contributed by atoms with Gasteiger partial charge < -0.3 is 9.80 Å². The van der Waals surface area contributed by atoms with Crippen molar-refractivity contribution in [1.82, 2.24) is 4.90 Å². The fraction of sp³-hybridized carbons (Fsp3) is 0.222. The summed E-state index contributed by atoms with van der Waals surface area (Å²) in [7, 11) is 2.12. The van der Waals surface area contributed by atoms with E-state index in [1.54, 1.807) is 0 Å². The molecule has 0 N–H and O–H groups in total. The van der Waals surface area contributed by atoms with Crippen molar-refractivity contribution in [2.75, 3.05) is 11.9 Å². The van der Waals surface area contributed by atoms with Gasteiger partial charge in [-0.25, -0.2) is 0 Å². The van der Waals surface area contributed by atoms with Crippen LogP contribution >= 0.6 is 11.3 Å².